The van der Waals surface area contributed by atoms with Crippen molar-refractivity contribution in [3.8, 4) is 0 Å². The Kier molecular flexibility index (Phi) is 30.7. The molecule has 314 valence electrons. The van der Waals surface area contributed by atoms with Crippen LogP contribution in [0.3, 0.4) is 0 Å². The normalized spacial score (nSPS) is 22.0. The van der Waals surface area contributed by atoms with Gasteiger partial charge in [0.25, 0.3) is 0 Å². The summed E-state index contributed by atoms with van der Waals surface area (Å²) in [5.74, 6) is -0.137. The van der Waals surface area contributed by atoms with E-state index >= 15 is 0 Å². The summed E-state index contributed by atoms with van der Waals surface area (Å²) in [4.78, 5) is 24.6. The summed E-state index contributed by atoms with van der Waals surface area (Å²) < 4.78 is 11.1. The van der Waals surface area contributed by atoms with Crippen LogP contribution in [-0.4, -0.2) is 111 Å². The molecule has 0 aromatic carbocycles. The second kappa shape index (κ2) is 32.8. The number of amides is 2. The highest BCUT2D eigenvalue weighted by atomic mass is 16.7. The van der Waals surface area contributed by atoms with E-state index in [-0.39, 0.29) is 24.8 Å². The van der Waals surface area contributed by atoms with Crippen LogP contribution in [0.4, 0.5) is 0 Å². The van der Waals surface area contributed by atoms with E-state index in [0.717, 1.165) is 96.4 Å². The molecule has 0 aromatic heterocycles. The Labute approximate surface area is 321 Å². The Balaban J connectivity index is 2.43. The summed E-state index contributed by atoms with van der Waals surface area (Å²) in [5.41, 5.74) is 0. The summed E-state index contributed by atoms with van der Waals surface area (Å²) in [6.07, 6.45) is 16.9. The van der Waals surface area contributed by atoms with Gasteiger partial charge in [-0.25, -0.2) is 0 Å². The van der Waals surface area contributed by atoms with Gasteiger partial charge >= 0.3 is 0 Å². The van der Waals surface area contributed by atoms with Crippen molar-refractivity contribution in [3.63, 3.8) is 0 Å². The van der Waals surface area contributed by atoms with Gasteiger partial charge in [-0.1, -0.05) is 142 Å². The molecule has 0 bridgehead atoms. The van der Waals surface area contributed by atoms with Crippen LogP contribution >= 0.6 is 0 Å². The maximum Gasteiger partial charge on any atom is 0.220 e. The third-order valence-corrected chi connectivity index (χ3v) is 10.5. The summed E-state index contributed by atoms with van der Waals surface area (Å²) in [5, 5.41) is 67.9. The summed E-state index contributed by atoms with van der Waals surface area (Å²) in [7, 11) is 0. The number of nitrogens with one attached hydrogen (secondary N) is 2. The Morgan fingerprint density at radius 1 is 0.623 bits per heavy atom. The van der Waals surface area contributed by atoms with Crippen molar-refractivity contribution >= 4 is 11.8 Å². The zero-order valence-corrected chi connectivity index (χ0v) is 33.4. The lowest BCUT2D eigenvalue weighted by Gasteiger charge is -2.40. The minimum absolute atomic E-state index is 0.149. The molecule has 0 unspecified atom stereocenters. The Morgan fingerprint density at radius 2 is 1.11 bits per heavy atom. The van der Waals surface area contributed by atoms with E-state index in [9.17, 15) is 40.2 Å². The smallest absolute Gasteiger partial charge is 0.220 e. The average Bonchev–Trinajstić information content (AvgIpc) is 3.15. The Hall–Kier alpha value is -1.38. The standard InChI is InChI=1S/C41H80N2O10/c1-3-5-7-8-9-10-11-12-14-17-20-23-26-33(45)37(48)32(31-52-41-40(51)39(50)38(49)34(30-44)53-41)43-36(47)28-24-21-18-15-13-16-19-22-25-29-42-35(46)27-6-4-2/h32-34,37-41,44-45,48-51H,3-31H2,1-2H3,(H,42,46)(H,43,47)/t32-,33+,34+,37-,38-,39-,40+,41-/m0/s1. The number of aliphatic hydroxyl groups is 6. The van der Waals surface area contributed by atoms with Crippen LogP contribution < -0.4 is 10.6 Å². The van der Waals surface area contributed by atoms with Crippen LogP contribution in [0, 0.1) is 0 Å². The first kappa shape index (κ1) is 49.6. The van der Waals surface area contributed by atoms with Gasteiger partial charge in [-0.2, -0.15) is 0 Å². The maximum absolute atomic E-state index is 12.9. The van der Waals surface area contributed by atoms with E-state index in [1.165, 1.54) is 51.4 Å². The van der Waals surface area contributed by atoms with Crippen LogP contribution in [0.25, 0.3) is 0 Å². The molecule has 53 heavy (non-hydrogen) atoms. The number of hydrogen-bond acceptors (Lipinski definition) is 10. The summed E-state index contributed by atoms with van der Waals surface area (Å²) >= 11 is 0. The molecule has 1 rings (SSSR count). The molecule has 1 aliphatic heterocycles. The molecule has 8 N–H and O–H groups in total. The van der Waals surface area contributed by atoms with Crippen LogP contribution in [0.2, 0.25) is 0 Å². The van der Waals surface area contributed by atoms with Gasteiger partial charge in [0.1, 0.15) is 30.5 Å². The predicted octanol–water partition coefficient (Wildman–Crippen LogP) is 5.31. The quantitative estimate of drug-likeness (QED) is 0.0392. The number of carbonyl (C=O) groups is 2. The van der Waals surface area contributed by atoms with E-state index in [1.54, 1.807) is 0 Å². The molecule has 8 atom stereocenters. The number of ether oxygens (including phenoxy) is 2. The van der Waals surface area contributed by atoms with Gasteiger partial charge in [-0.15, -0.1) is 0 Å². The largest absolute Gasteiger partial charge is 0.394 e. The van der Waals surface area contributed by atoms with Gasteiger partial charge in [-0.3, -0.25) is 9.59 Å². The SMILES string of the molecule is CCCCCCCCCCCCCC[C@@H](O)[C@@H](O)[C@H](CO[C@H]1O[C@H](CO)[C@H](O)[C@H](O)[C@H]1O)NC(=O)CCCCCCCCCCCNC(=O)CCCC. The molecule has 1 fully saturated rings. The first-order valence-electron chi connectivity index (χ1n) is 21.5. The summed E-state index contributed by atoms with van der Waals surface area (Å²) in [6, 6.07) is -1.01. The lowest BCUT2D eigenvalue weighted by Crippen LogP contribution is -2.60. The second-order valence-corrected chi connectivity index (χ2v) is 15.3. The van der Waals surface area contributed by atoms with E-state index in [0.29, 0.717) is 19.3 Å². The Bertz CT molecular complexity index is 882. The van der Waals surface area contributed by atoms with Gasteiger partial charge in [0, 0.05) is 19.4 Å². The molecular weight excluding hydrogens is 680 g/mol. The van der Waals surface area contributed by atoms with Crippen molar-refractivity contribution < 1.29 is 49.7 Å². The molecule has 12 nitrogen and oxygen atoms in total. The van der Waals surface area contributed by atoms with Crippen molar-refractivity contribution in [1.29, 1.82) is 0 Å². The molecule has 0 saturated carbocycles. The third kappa shape index (κ3) is 24.0. The minimum atomic E-state index is -1.62. The number of carbonyl (C=O) groups excluding carboxylic acids is 2. The van der Waals surface area contributed by atoms with Gasteiger partial charge in [0.05, 0.1) is 25.4 Å². The van der Waals surface area contributed by atoms with Crippen LogP contribution in [0.15, 0.2) is 0 Å². The maximum atomic E-state index is 12.9. The zero-order chi connectivity index (χ0) is 39.1. The molecule has 0 radical (unpaired) electrons. The average molecular weight is 761 g/mol. The van der Waals surface area contributed by atoms with E-state index in [1.807, 2.05) is 0 Å². The fourth-order valence-corrected chi connectivity index (χ4v) is 6.84. The van der Waals surface area contributed by atoms with Gasteiger partial charge in [0.2, 0.25) is 11.8 Å². The highest BCUT2D eigenvalue weighted by molar-refractivity contribution is 5.76. The van der Waals surface area contributed by atoms with E-state index in [2.05, 4.69) is 24.5 Å². The lowest BCUT2D eigenvalue weighted by atomic mass is 9.98. The van der Waals surface area contributed by atoms with Crippen molar-refractivity contribution in [2.24, 2.45) is 0 Å². The number of aliphatic hydroxyl groups excluding tert-OH is 6. The summed E-state index contributed by atoms with van der Waals surface area (Å²) in [6.45, 7) is 4.14. The second-order valence-electron chi connectivity index (χ2n) is 15.3. The molecule has 2 amide bonds. The van der Waals surface area contributed by atoms with Gasteiger partial charge < -0.3 is 50.7 Å². The topological polar surface area (TPSA) is 198 Å². The van der Waals surface area contributed by atoms with E-state index < -0.39 is 55.6 Å². The lowest BCUT2D eigenvalue weighted by molar-refractivity contribution is -0.303. The highest BCUT2D eigenvalue weighted by Crippen LogP contribution is 2.23. The third-order valence-electron chi connectivity index (χ3n) is 10.5. The molecule has 12 heteroatoms. The number of unbranched alkanes of at least 4 members (excludes halogenated alkanes) is 20. The van der Waals surface area contributed by atoms with Crippen LogP contribution in [0.1, 0.15) is 181 Å². The first-order chi connectivity index (χ1) is 25.7. The monoisotopic (exact) mass is 761 g/mol. The predicted molar refractivity (Wildman–Crippen MR) is 208 cm³/mol. The van der Waals surface area contributed by atoms with Crippen molar-refractivity contribution in [1.82, 2.24) is 10.6 Å². The first-order valence-corrected chi connectivity index (χ1v) is 21.5. The number of rotatable bonds is 35. The zero-order valence-electron chi connectivity index (χ0n) is 33.4. The number of hydrogen-bond donors (Lipinski definition) is 8. The van der Waals surface area contributed by atoms with Crippen molar-refractivity contribution in [2.75, 3.05) is 19.8 Å². The molecule has 0 aliphatic carbocycles. The van der Waals surface area contributed by atoms with Gasteiger partial charge in [-0.05, 0) is 25.7 Å². The molecule has 0 spiro atoms. The highest BCUT2D eigenvalue weighted by Gasteiger charge is 2.44. The van der Waals surface area contributed by atoms with E-state index in [4.69, 9.17) is 9.47 Å². The molecule has 1 heterocycles. The van der Waals surface area contributed by atoms with Crippen LogP contribution in [0.5, 0.6) is 0 Å². The minimum Gasteiger partial charge on any atom is -0.394 e. The molecular formula is C41H80N2O10. The van der Waals surface area contributed by atoms with Gasteiger partial charge in [0.15, 0.2) is 6.29 Å². The molecule has 1 saturated heterocycles. The fraction of sp³-hybridized carbons (Fsp3) is 0.951. The molecule has 1 aliphatic rings. The molecule has 0 aromatic rings. The van der Waals surface area contributed by atoms with Crippen molar-refractivity contribution in [3.05, 3.63) is 0 Å². The fourth-order valence-electron chi connectivity index (χ4n) is 6.84. The Morgan fingerprint density at radius 3 is 1.66 bits per heavy atom. The van der Waals surface area contributed by atoms with Crippen molar-refractivity contribution in [2.45, 2.75) is 230 Å². The van der Waals surface area contributed by atoms with Crippen LogP contribution in [-0.2, 0) is 19.1 Å².